The van der Waals surface area contributed by atoms with Gasteiger partial charge in [0.25, 0.3) is 11.8 Å². The second-order valence-electron chi connectivity index (χ2n) is 2.68. The molecule has 68 valence electrons. The van der Waals surface area contributed by atoms with Crippen LogP contribution >= 0.6 is 0 Å². The van der Waals surface area contributed by atoms with Crippen molar-refractivity contribution < 1.29 is 9.05 Å². The van der Waals surface area contributed by atoms with Crippen LogP contribution in [0.4, 0.5) is 5.95 Å². The molecule has 2 aromatic rings. The van der Waals surface area contributed by atoms with Crippen LogP contribution in [-0.2, 0) is 0 Å². The van der Waals surface area contributed by atoms with Crippen molar-refractivity contribution in [1.29, 1.82) is 0 Å². The Hall–Kier alpha value is -1.85. The SMILES string of the molecule is CN(C)c1noc(-c2ccon2)n1. The average molecular weight is 180 g/mol. The first-order valence-corrected chi connectivity index (χ1v) is 3.69. The van der Waals surface area contributed by atoms with E-state index in [1.807, 2.05) is 14.1 Å². The molecule has 6 nitrogen and oxygen atoms in total. The molecule has 0 unspecified atom stereocenters. The molecular weight excluding hydrogens is 172 g/mol. The van der Waals surface area contributed by atoms with Crippen LogP contribution in [0.1, 0.15) is 0 Å². The summed E-state index contributed by atoms with van der Waals surface area (Å²) in [5, 5.41) is 7.40. The molecule has 2 rings (SSSR count). The van der Waals surface area contributed by atoms with Crippen molar-refractivity contribution in [3.8, 4) is 11.6 Å². The van der Waals surface area contributed by atoms with Gasteiger partial charge < -0.3 is 13.9 Å². The van der Waals surface area contributed by atoms with Gasteiger partial charge in [0.1, 0.15) is 6.26 Å². The second kappa shape index (κ2) is 2.89. The molecular formula is C7H8N4O2. The molecule has 0 amide bonds. The van der Waals surface area contributed by atoms with E-state index in [4.69, 9.17) is 4.52 Å². The maximum atomic E-state index is 4.95. The first-order valence-electron chi connectivity index (χ1n) is 3.69. The van der Waals surface area contributed by atoms with E-state index >= 15 is 0 Å². The van der Waals surface area contributed by atoms with Crippen molar-refractivity contribution >= 4 is 5.95 Å². The van der Waals surface area contributed by atoms with Crippen LogP contribution in [0.3, 0.4) is 0 Å². The Kier molecular flexibility index (Phi) is 1.73. The highest BCUT2D eigenvalue weighted by molar-refractivity contribution is 5.46. The van der Waals surface area contributed by atoms with Crippen molar-refractivity contribution in [2.75, 3.05) is 19.0 Å². The Morgan fingerprint density at radius 2 is 2.15 bits per heavy atom. The lowest BCUT2D eigenvalue weighted by atomic mass is 10.4. The fourth-order valence-corrected chi connectivity index (χ4v) is 0.824. The number of nitrogens with zero attached hydrogens (tertiary/aromatic N) is 4. The van der Waals surface area contributed by atoms with Crippen molar-refractivity contribution in [2.45, 2.75) is 0 Å². The lowest BCUT2D eigenvalue weighted by Crippen LogP contribution is -2.09. The zero-order chi connectivity index (χ0) is 9.26. The number of rotatable bonds is 2. The topological polar surface area (TPSA) is 68.2 Å². The van der Waals surface area contributed by atoms with E-state index in [0.717, 1.165) is 0 Å². The molecule has 0 saturated carbocycles. The third-order valence-electron chi connectivity index (χ3n) is 1.47. The predicted octanol–water partition coefficient (Wildman–Crippen LogP) is 0.791. The minimum Gasteiger partial charge on any atom is -0.364 e. The van der Waals surface area contributed by atoms with Crippen molar-refractivity contribution in [3.63, 3.8) is 0 Å². The van der Waals surface area contributed by atoms with Crippen LogP contribution in [0.5, 0.6) is 0 Å². The van der Waals surface area contributed by atoms with Gasteiger partial charge in [-0.25, -0.2) is 0 Å². The number of anilines is 1. The molecule has 2 heterocycles. The molecule has 0 bridgehead atoms. The Morgan fingerprint density at radius 1 is 1.31 bits per heavy atom. The summed E-state index contributed by atoms with van der Waals surface area (Å²) >= 11 is 0. The molecule has 0 atom stereocenters. The van der Waals surface area contributed by atoms with Crippen LogP contribution in [0.15, 0.2) is 21.4 Å². The van der Waals surface area contributed by atoms with Crippen LogP contribution in [0, 0.1) is 0 Å². The Morgan fingerprint density at radius 3 is 2.69 bits per heavy atom. The van der Waals surface area contributed by atoms with Crippen molar-refractivity contribution in [2.24, 2.45) is 0 Å². The summed E-state index contributed by atoms with van der Waals surface area (Å²) in [5.74, 6) is 0.871. The second-order valence-corrected chi connectivity index (χ2v) is 2.68. The number of hydrogen-bond acceptors (Lipinski definition) is 6. The molecule has 0 aliphatic heterocycles. The fraction of sp³-hybridized carbons (Fsp3) is 0.286. The zero-order valence-electron chi connectivity index (χ0n) is 7.26. The lowest BCUT2D eigenvalue weighted by molar-refractivity contribution is 0.405. The first kappa shape index (κ1) is 7.78. The molecule has 0 spiro atoms. The van der Waals surface area contributed by atoms with Crippen LogP contribution < -0.4 is 4.90 Å². The normalized spacial score (nSPS) is 10.3. The van der Waals surface area contributed by atoms with Gasteiger partial charge in [0.15, 0.2) is 5.69 Å². The van der Waals surface area contributed by atoms with Crippen molar-refractivity contribution in [3.05, 3.63) is 12.3 Å². The summed E-state index contributed by atoms with van der Waals surface area (Å²) in [4.78, 5) is 5.82. The van der Waals surface area contributed by atoms with Gasteiger partial charge in [-0.1, -0.05) is 5.16 Å². The van der Waals surface area contributed by atoms with Crippen LogP contribution in [-0.4, -0.2) is 29.4 Å². The molecule has 0 saturated heterocycles. The van der Waals surface area contributed by atoms with E-state index in [1.54, 1.807) is 11.0 Å². The highest BCUT2D eigenvalue weighted by Crippen LogP contribution is 2.16. The monoisotopic (exact) mass is 180 g/mol. The summed E-state index contributed by atoms with van der Waals surface area (Å²) < 4.78 is 9.59. The van der Waals surface area contributed by atoms with E-state index in [0.29, 0.717) is 17.5 Å². The smallest absolute Gasteiger partial charge is 0.281 e. The summed E-state index contributed by atoms with van der Waals surface area (Å²) in [6.07, 6.45) is 1.45. The summed E-state index contributed by atoms with van der Waals surface area (Å²) in [5.41, 5.74) is 0.542. The summed E-state index contributed by atoms with van der Waals surface area (Å²) in [6, 6.07) is 1.66. The minimum absolute atomic E-state index is 0.359. The van der Waals surface area contributed by atoms with Gasteiger partial charge in [0.2, 0.25) is 0 Å². The molecule has 0 aliphatic rings. The summed E-state index contributed by atoms with van der Waals surface area (Å²) in [7, 11) is 3.66. The molecule has 13 heavy (non-hydrogen) atoms. The predicted molar refractivity (Wildman–Crippen MR) is 44.1 cm³/mol. The number of aromatic nitrogens is 3. The van der Waals surface area contributed by atoms with E-state index in [1.165, 1.54) is 6.26 Å². The maximum Gasteiger partial charge on any atom is 0.281 e. The Bertz CT molecular complexity index is 379. The van der Waals surface area contributed by atoms with E-state index < -0.39 is 0 Å². The number of hydrogen-bond donors (Lipinski definition) is 0. The molecule has 0 aliphatic carbocycles. The highest BCUT2D eigenvalue weighted by atomic mass is 16.5. The van der Waals surface area contributed by atoms with E-state index in [-0.39, 0.29) is 0 Å². The molecule has 2 aromatic heterocycles. The van der Waals surface area contributed by atoms with Gasteiger partial charge in [-0.3, -0.25) is 0 Å². The lowest BCUT2D eigenvalue weighted by Gasteiger charge is -2.01. The van der Waals surface area contributed by atoms with E-state index in [9.17, 15) is 0 Å². The van der Waals surface area contributed by atoms with E-state index in [2.05, 4.69) is 19.8 Å². The first-order chi connectivity index (χ1) is 6.27. The van der Waals surface area contributed by atoms with Gasteiger partial charge in [-0.2, -0.15) is 4.98 Å². The highest BCUT2D eigenvalue weighted by Gasteiger charge is 2.11. The van der Waals surface area contributed by atoms with Crippen molar-refractivity contribution in [1.82, 2.24) is 15.3 Å². The minimum atomic E-state index is 0.359. The standard InChI is InChI=1S/C7H8N4O2/c1-11(2)7-8-6(13-10-7)5-3-4-12-9-5/h3-4H,1-2H3. The maximum absolute atomic E-state index is 4.95. The third-order valence-corrected chi connectivity index (χ3v) is 1.47. The molecule has 6 heteroatoms. The molecule has 0 aromatic carbocycles. The fourth-order valence-electron chi connectivity index (χ4n) is 0.824. The Labute approximate surface area is 74.1 Å². The van der Waals surface area contributed by atoms with Gasteiger partial charge in [-0.05, 0) is 5.16 Å². The Balaban J connectivity index is 2.33. The molecule has 0 N–H and O–H groups in total. The van der Waals surface area contributed by atoms with Gasteiger partial charge >= 0.3 is 0 Å². The molecule has 0 fully saturated rings. The quantitative estimate of drug-likeness (QED) is 0.680. The van der Waals surface area contributed by atoms with Crippen LogP contribution in [0.25, 0.3) is 11.6 Å². The van der Waals surface area contributed by atoms with Gasteiger partial charge in [0.05, 0.1) is 0 Å². The van der Waals surface area contributed by atoms with Gasteiger partial charge in [-0.15, -0.1) is 0 Å². The zero-order valence-corrected chi connectivity index (χ0v) is 7.26. The van der Waals surface area contributed by atoms with Gasteiger partial charge in [0, 0.05) is 20.2 Å². The average Bonchev–Trinajstić information content (AvgIpc) is 2.75. The third kappa shape index (κ3) is 1.37. The largest absolute Gasteiger partial charge is 0.364 e. The van der Waals surface area contributed by atoms with Crippen LogP contribution in [0.2, 0.25) is 0 Å². The summed E-state index contributed by atoms with van der Waals surface area (Å²) in [6.45, 7) is 0. The molecule has 0 radical (unpaired) electrons.